The lowest BCUT2D eigenvalue weighted by Crippen LogP contribution is -2.25. The summed E-state index contributed by atoms with van der Waals surface area (Å²) in [6.45, 7) is 0.217. The molecule has 1 amide bonds. The second kappa shape index (κ2) is 9.24. The normalized spacial score (nSPS) is 10.4. The Bertz CT molecular complexity index is 940. The molecule has 0 fully saturated rings. The molecule has 0 spiro atoms. The van der Waals surface area contributed by atoms with Gasteiger partial charge in [-0.15, -0.1) is 0 Å². The highest BCUT2D eigenvalue weighted by Gasteiger charge is 2.13. The first kappa shape index (κ1) is 19.7. The van der Waals surface area contributed by atoms with Crippen LogP contribution in [0.2, 0.25) is 5.02 Å². The summed E-state index contributed by atoms with van der Waals surface area (Å²) in [5, 5.41) is 2.99. The van der Waals surface area contributed by atoms with Gasteiger partial charge in [0.05, 0.1) is 7.11 Å². The van der Waals surface area contributed by atoms with Gasteiger partial charge in [-0.3, -0.25) is 4.79 Å². The molecular weight excluding hydrogens is 381 g/mol. The molecule has 0 saturated carbocycles. The third kappa shape index (κ3) is 4.81. The molecule has 0 aliphatic carbocycles. The highest BCUT2D eigenvalue weighted by atomic mass is 35.5. The van der Waals surface area contributed by atoms with Crippen molar-refractivity contribution in [1.82, 2.24) is 5.32 Å². The van der Waals surface area contributed by atoms with Crippen molar-refractivity contribution in [3.05, 3.63) is 94.3 Å². The lowest BCUT2D eigenvalue weighted by molar-refractivity contribution is 0.0948. The molecule has 0 atom stereocenters. The molecule has 1 N–H and O–H groups in total. The predicted molar refractivity (Wildman–Crippen MR) is 106 cm³/mol. The van der Waals surface area contributed by atoms with Crippen molar-refractivity contribution in [2.45, 2.75) is 13.2 Å². The molecule has 6 heteroatoms. The van der Waals surface area contributed by atoms with Crippen LogP contribution in [0.5, 0.6) is 11.5 Å². The SMILES string of the molecule is COc1ccc(OCc2ccccc2C(=O)NCc2c(F)cccc2Cl)cc1. The van der Waals surface area contributed by atoms with Crippen LogP contribution < -0.4 is 14.8 Å². The van der Waals surface area contributed by atoms with Crippen molar-refractivity contribution >= 4 is 17.5 Å². The van der Waals surface area contributed by atoms with Gasteiger partial charge in [-0.1, -0.05) is 35.9 Å². The molecular formula is C22H19ClFNO3. The lowest BCUT2D eigenvalue weighted by Gasteiger charge is -2.12. The van der Waals surface area contributed by atoms with E-state index in [-0.39, 0.29) is 29.6 Å². The van der Waals surface area contributed by atoms with E-state index in [9.17, 15) is 9.18 Å². The summed E-state index contributed by atoms with van der Waals surface area (Å²) in [6, 6.07) is 18.7. The molecule has 0 aliphatic rings. The highest BCUT2D eigenvalue weighted by molar-refractivity contribution is 6.31. The van der Waals surface area contributed by atoms with Gasteiger partial charge < -0.3 is 14.8 Å². The number of carbonyl (C=O) groups excluding carboxylic acids is 1. The highest BCUT2D eigenvalue weighted by Crippen LogP contribution is 2.21. The van der Waals surface area contributed by atoms with Gasteiger partial charge in [0, 0.05) is 28.3 Å². The maximum atomic E-state index is 13.9. The van der Waals surface area contributed by atoms with Gasteiger partial charge in [0.15, 0.2) is 0 Å². The number of hydrogen-bond acceptors (Lipinski definition) is 3. The first-order chi connectivity index (χ1) is 13.6. The Morgan fingerprint density at radius 1 is 1.00 bits per heavy atom. The Labute approximate surface area is 167 Å². The summed E-state index contributed by atoms with van der Waals surface area (Å²) in [6.07, 6.45) is 0. The second-order valence-electron chi connectivity index (χ2n) is 6.00. The Morgan fingerprint density at radius 2 is 1.71 bits per heavy atom. The van der Waals surface area contributed by atoms with Crippen LogP contribution in [0.1, 0.15) is 21.5 Å². The van der Waals surface area contributed by atoms with E-state index in [1.165, 1.54) is 12.1 Å². The molecule has 0 aromatic heterocycles. The average molecular weight is 400 g/mol. The molecule has 0 aliphatic heterocycles. The first-order valence-electron chi connectivity index (χ1n) is 8.64. The van der Waals surface area contributed by atoms with Crippen LogP contribution in [0, 0.1) is 5.82 Å². The molecule has 3 rings (SSSR count). The van der Waals surface area contributed by atoms with Crippen molar-refractivity contribution in [2.75, 3.05) is 7.11 Å². The van der Waals surface area contributed by atoms with E-state index in [4.69, 9.17) is 21.1 Å². The number of amides is 1. The number of carbonyl (C=O) groups is 1. The minimum absolute atomic E-state index is 0.00197. The molecule has 0 radical (unpaired) electrons. The Balaban J connectivity index is 1.67. The fraction of sp³-hybridized carbons (Fsp3) is 0.136. The molecule has 0 bridgehead atoms. The number of benzene rings is 3. The molecule has 3 aromatic carbocycles. The number of rotatable bonds is 7. The zero-order valence-corrected chi connectivity index (χ0v) is 16.0. The standard InChI is InChI=1S/C22H19ClFNO3/c1-27-16-9-11-17(12-10-16)28-14-15-5-2-3-6-18(15)22(26)25-13-19-20(23)7-4-8-21(19)24/h2-12H,13-14H2,1H3,(H,25,26). The molecule has 3 aromatic rings. The maximum absolute atomic E-state index is 13.9. The number of ether oxygens (including phenoxy) is 2. The fourth-order valence-corrected chi connectivity index (χ4v) is 2.90. The van der Waals surface area contributed by atoms with E-state index in [1.54, 1.807) is 49.6 Å². The van der Waals surface area contributed by atoms with E-state index in [2.05, 4.69) is 5.32 Å². The molecule has 0 saturated heterocycles. The van der Waals surface area contributed by atoms with Crippen LogP contribution in [0.3, 0.4) is 0 Å². The second-order valence-corrected chi connectivity index (χ2v) is 6.41. The number of methoxy groups -OCH3 is 1. The van der Waals surface area contributed by atoms with Crippen molar-refractivity contribution in [1.29, 1.82) is 0 Å². The summed E-state index contributed by atoms with van der Waals surface area (Å²) >= 11 is 6.01. The Kier molecular flexibility index (Phi) is 6.50. The molecule has 28 heavy (non-hydrogen) atoms. The van der Waals surface area contributed by atoms with Crippen molar-refractivity contribution < 1.29 is 18.7 Å². The summed E-state index contributed by atoms with van der Waals surface area (Å²) < 4.78 is 24.8. The van der Waals surface area contributed by atoms with Gasteiger partial charge in [0.2, 0.25) is 0 Å². The van der Waals surface area contributed by atoms with Gasteiger partial charge in [-0.2, -0.15) is 0 Å². The van der Waals surface area contributed by atoms with Crippen LogP contribution in [0.4, 0.5) is 4.39 Å². The maximum Gasteiger partial charge on any atom is 0.251 e. The van der Waals surface area contributed by atoms with Crippen molar-refractivity contribution in [3.8, 4) is 11.5 Å². The third-order valence-corrected chi connectivity index (χ3v) is 4.56. The van der Waals surface area contributed by atoms with E-state index in [0.29, 0.717) is 11.3 Å². The molecule has 4 nitrogen and oxygen atoms in total. The van der Waals surface area contributed by atoms with Crippen LogP contribution in [-0.2, 0) is 13.2 Å². The minimum atomic E-state index is -0.455. The third-order valence-electron chi connectivity index (χ3n) is 4.20. The van der Waals surface area contributed by atoms with Crippen molar-refractivity contribution in [3.63, 3.8) is 0 Å². The van der Waals surface area contributed by atoms with E-state index >= 15 is 0 Å². The van der Waals surface area contributed by atoms with E-state index in [1.807, 2.05) is 12.1 Å². The number of hydrogen-bond donors (Lipinski definition) is 1. The quantitative estimate of drug-likeness (QED) is 0.608. The molecule has 0 unspecified atom stereocenters. The number of nitrogens with one attached hydrogen (secondary N) is 1. The molecule has 0 heterocycles. The van der Waals surface area contributed by atoms with Crippen molar-refractivity contribution in [2.24, 2.45) is 0 Å². The minimum Gasteiger partial charge on any atom is -0.497 e. The van der Waals surface area contributed by atoms with Gasteiger partial charge in [0.25, 0.3) is 5.91 Å². The zero-order valence-electron chi connectivity index (χ0n) is 15.2. The first-order valence-corrected chi connectivity index (χ1v) is 9.02. The summed E-state index contributed by atoms with van der Waals surface area (Å²) in [4.78, 5) is 12.6. The fourth-order valence-electron chi connectivity index (χ4n) is 2.67. The monoisotopic (exact) mass is 399 g/mol. The van der Waals surface area contributed by atoms with E-state index in [0.717, 1.165) is 11.3 Å². The van der Waals surface area contributed by atoms with Gasteiger partial charge in [0.1, 0.15) is 23.9 Å². The average Bonchev–Trinajstić information content (AvgIpc) is 2.72. The van der Waals surface area contributed by atoms with Crippen LogP contribution in [0.25, 0.3) is 0 Å². The summed E-state index contributed by atoms with van der Waals surface area (Å²) in [5.74, 6) is 0.616. The Hall–Kier alpha value is -3.05. The largest absolute Gasteiger partial charge is 0.497 e. The van der Waals surface area contributed by atoms with E-state index < -0.39 is 5.82 Å². The lowest BCUT2D eigenvalue weighted by atomic mass is 10.1. The van der Waals surface area contributed by atoms with Gasteiger partial charge in [-0.05, 0) is 42.5 Å². The smallest absolute Gasteiger partial charge is 0.251 e. The van der Waals surface area contributed by atoms with Crippen LogP contribution in [-0.4, -0.2) is 13.0 Å². The molecule has 144 valence electrons. The summed E-state index contributed by atoms with van der Waals surface area (Å²) in [5.41, 5.74) is 1.43. The van der Waals surface area contributed by atoms with Crippen LogP contribution >= 0.6 is 11.6 Å². The topological polar surface area (TPSA) is 47.6 Å². The van der Waals surface area contributed by atoms with Gasteiger partial charge >= 0.3 is 0 Å². The predicted octanol–water partition coefficient (Wildman–Crippen LogP) is 5.00. The zero-order chi connectivity index (χ0) is 19.9. The Morgan fingerprint density at radius 3 is 2.43 bits per heavy atom. The summed E-state index contributed by atoms with van der Waals surface area (Å²) in [7, 11) is 1.60. The number of halogens is 2. The van der Waals surface area contributed by atoms with Gasteiger partial charge in [-0.25, -0.2) is 4.39 Å². The van der Waals surface area contributed by atoms with Crippen LogP contribution in [0.15, 0.2) is 66.7 Å².